The quantitative estimate of drug-likeness (QED) is 0.817. The lowest BCUT2D eigenvalue weighted by molar-refractivity contribution is -0.00964. The summed E-state index contributed by atoms with van der Waals surface area (Å²) in [5.74, 6) is 1.88. The topological polar surface area (TPSA) is 38.7 Å². The van der Waals surface area contributed by atoms with E-state index in [0.717, 1.165) is 28.2 Å². The van der Waals surface area contributed by atoms with Gasteiger partial charge in [-0.25, -0.2) is 0 Å². The fraction of sp³-hybridized carbons (Fsp3) is 0.364. The molecule has 0 aromatic heterocycles. The van der Waals surface area contributed by atoms with Gasteiger partial charge in [0.25, 0.3) is 0 Å². The van der Waals surface area contributed by atoms with E-state index in [1.54, 1.807) is 13.8 Å². The molecular weight excluding hydrogens is 312 g/mol. The van der Waals surface area contributed by atoms with Gasteiger partial charge in [-0.3, -0.25) is 0 Å². The van der Waals surface area contributed by atoms with Crippen molar-refractivity contribution in [2.75, 3.05) is 0 Å². The minimum Gasteiger partial charge on any atom is -0.489 e. The first-order valence-corrected chi connectivity index (χ1v) is 8.73. The number of benzene rings is 2. The minimum absolute atomic E-state index is 0.196. The molecule has 0 spiro atoms. The van der Waals surface area contributed by atoms with Crippen LogP contribution in [0.3, 0.4) is 0 Å². The highest BCUT2D eigenvalue weighted by Crippen LogP contribution is 2.38. The van der Waals surface area contributed by atoms with Crippen molar-refractivity contribution in [3.05, 3.63) is 71.3 Å². The van der Waals surface area contributed by atoms with Gasteiger partial charge >= 0.3 is 0 Å². The van der Waals surface area contributed by atoms with Gasteiger partial charge in [-0.05, 0) is 50.1 Å². The van der Waals surface area contributed by atoms with Crippen LogP contribution in [-0.4, -0.2) is 16.8 Å². The summed E-state index contributed by atoms with van der Waals surface area (Å²) in [6.45, 7) is 8.22. The van der Waals surface area contributed by atoms with E-state index in [4.69, 9.17) is 9.47 Å². The number of fused-ring (bicyclic) bond motifs is 1. The Hall–Kier alpha value is -2.26. The average molecular weight is 338 g/mol. The molecule has 0 amide bonds. The third-order valence-corrected chi connectivity index (χ3v) is 4.56. The Morgan fingerprint density at radius 2 is 1.84 bits per heavy atom. The average Bonchev–Trinajstić information content (AvgIpc) is 2.72. The van der Waals surface area contributed by atoms with Crippen molar-refractivity contribution in [3.8, 4) is 11.5 Å². The molecule has 0 unspecified atom stereocenters. The van der Waals surface area contributed by atoms with Gasteiger partial charge in [0.05, 0.1) is 5.60 Å². The molecule has 2 atom stereocenters. The van der Waals surface area contributed by atoms with Gasteiger partial charge < -0.3 is 14.6 Å². The van der Waals surface area contributed by atoms with E-state index < -0.39 is 5.60 Å². The number of aliphatic hydroxyl groups is 1. The second-order valence-electron chi connectivity index (χ2n) is 7.30. The van der Waals surface area contributed by atoms with Crippen LogP contribution < -0.4 is 9.47 Å². The van der Waals surface area contributed by atoms with Crippen LogP contribution in [0.15, 0.2) is 54.6 Å². The monoisotopic (exact) mass is 338 g/mol. The molecule has 3 rings (SSSR count). The van der Waals surface area contributed by atoms with Gasteiger partial charge in [-0.15, -0.1) is 0 Å². The van der Waals surface area contributed by atoms with Gasteiger partial charge in [0, 0.05) is 11.5 Å². The summed E-state index contributed by atoms with van der Waals surface area (Å²) in [5.41, 5.74) is 2.31. The van der Waals surface area contributed by atoms with E-state index in [-0.39, 0.29) is 12.0 Å². The number of hydrogen-bond donors (Lipinski definition) is 1. The van der Waals surface area contributed by atoms with Crippen LogP contribution in [0.4, 0.5) is 0 Å². The summed E-state index contributed by atoms with van der Waals surface area (Å²) in [4.78, 5) is 0. The first-order chi connectivity index (χ1) is 11.8. The summed E-state index contributed by atoms with van der Waals surface area (Å²) in [6, 6.07) is 14.2. The zero-order valence-electron chi connectivity index (χ0n) is 15.3. The van der Waals surface area contributed by atoms with Crippen molar-refractivity contribution >= 4 is 0 Å². The van der Waals surface area contributed by atoms with Crippen LogP contribution in [0.25, 0.3) is 0 Å². The lowest BCUT2D eigenvalue weighted by Gasteiger charge is -2.27. The van der Waals surface area contributed by atoms with Crippen LogP contribution in [0.2, 0.25) is 0 Å². The van der Waals surface area contributed by atoms with Crippen LogP contribution in [0.5, 0.6) is 11.5 Å². The van der Waals surface area contributed by atoms with Crippen molar-refractivity contribution in [1.82, 2.24) is 0 Å². The van der Waals surface area contributed by atoms with Crippen LogP contribution in [0, 0.1) is 6.92 Å². The van der Waals surface area contributed by atoms with Crippen molar-refractivity contribution in [2.45, 2.75) is 51.9 Å². The maximum atomic E-state index is 10.3. The Balaban J connectivity index is 1.86. The molecule has 3 heteroatoms. The predicted molar refractivity (Wildman–Crippen MR) is 100 cm³/mol. The number of rotatable bonds is 4. The standard InChI is InChI=1S/C22H26O3/c1-15-10-11-21(22(3,4)23)25-20-12-16(2)19(13-18(15)20)24-14-17-8-6-5-7-9-17/h5-13,15,21,23H,14H2,1-4H3/t15-,21-/m0/s1. The Morgan fingerprint density at radius 1 is 1.12 bits per heavy atom. The molecule has 3 nitrogen and oxygen atoms in total. The normalized spacial score (nSPS) is 19.7. The Morgan fingerprint density at radius 3 is 2.52 bits per heavy atom. The zero-order chi connectivity index (χ0) is 18.0. The highest BCUT2D eigenvalue weighted by atomic mass is 16.5. The molecule has 0 aliphatic carbocycles. The molecule has 25 heavy (non-hydrogen) atoms. The zero-order valence-corrected chi connectivity index (χ0v) is 15.3. The van der Waals surface area contributed by atoms with Gasteiger partial charge in [0.2, 0.25) is 0 Å². The van der Waals surface area contributed by atoms with E-state index in [1.807, 2.05) is 37.3 Å². The van der Waals surface area contributed by atoms with Crippen LogP contribution in [0.1, 0.15) is 43.4 Å². The number of hydrogen-bond acceptors (Lipinski definition) is 3. The molecular formula is C22H26O3. The summed E-state index contributed by atoms with van der Waals surface area (Å²) in [6.07, 6.45) is 3.67. The lowest BCUT2D eigenvalue weighted by atomic mass is 9.97. The third-order valence-electron chi connectivity index (χ3n) is 4.56. The largest absolute Gasteiger partial charge is 0.489 e. The Bertz CT molecular complexity index is 757. The summed E-state index contributed by atoms with van der Waals surface area (Å²) in [5, 5.41) is 10.3. The molecule has 1 aliphatic rings. The molecule has 2 aromatic rings. The van der Waals surface area contributed by atoms with Gasteiger partial charge in [0.15, 0.2) is 0 Å². The second kappa shape index (κ2) is 6.93. The maximum Gasteiger partial charge on any atom is 0.145 e. The van der Waals surface area contributed by atoms with E-state index in [2.05, 4.69) is 31.2 Å². The van der Waals surface area contributed by atoms with Crippen LogP contribution in [-0.2, 0) is 6.61 Å². The lowest BCUT2D eigenvalue weighted by Crippen LogP contribution is -2.38. The molecule has 0 saturated heterocycles. The SMILES string of the molecule is Cc1cc2c(cc1OCc1ccccc1)[C@@H](C)C=C[C@@H](C(C)(C)O)O2. The fourth-order valence-corrected chi connectivity index (χ4v) is 2.95. The van der Waals surface area contributed by atoms with Crippen molar-refractivity contribution in [2.24, 2.45) is 0 Å². The van der Waals surface area contributed by atoms with Gasteiger partial charge in [-0.2, -0.15) is 0 Å². The van der Waals surface area contributed by atoms with E-state index in [0.29, 0.717) is 6.61 Å². The summed E-state index contributed by atoms with van der Waals surface area (Å²) < 4.78 is 12.1. The third kappa shape index (κ3) is 4.05. The highest BCUT2D eigenvalue weighted by molar-refractivity contribution is 5.49. The minimum atomic E-state index is -0.936. The molecule has 1 N–H and O–H groups in total. The molecule has 1 aliphatic heterocycles. The molecule has 132 valence electrons. The maximum absolute atomic E-state index is 10.3. The molecule has 1 heterocycles. The highest BCUT2D eigenvalue weighted by Gasteiger charge is 2.30. The molecule has 2 aromatic carbocycles. The van der Waals surface area contributed by atoms with Gasteiger partial charge in [-0.1, -0.05) is 43.3 Å². The Labute approximate surface area is 149 Å². The van der Waals surface area contributed by atoms with Crippen molar-refractivity contribution in [3.63, 3.8) is 0 Å². The first kappa shape index (κ1) is 17.6. The molecule has 0 fully saturated rings. The molecule has 0 saturated carbocycles. The number of aryl methyl sites for hydroxylation is 1. The van der Waals surface area contributed by atoms with Gasteiger partial charge in [0.1, 0.15) is 24.2 Å². The predicted octanol–water partition coefficient (Wildman–Crippen LogP) is 4.77. The van der Waals surface area contributed by atoms with E-state index in [9.17, 15) is 5.11 Å². The molecule has 0 bridgehead atoms. The fourth-order valence-electron chi connectivity index (χ4n) is 2.95. The molecule has 0 radical (unpaired) electrons. The number of ether oxygens (including phenoxy) is 2. The Kier molecular flexibility index (Phi) is 4.87. The number of allylic oxidation sites excluding steroid dienone is 1. The first-order valence-electron chi connectivity index (χ1n) is 8.73. The summed E-state index contributed by atoms with van der Waals surface area (Å²) in [7, 11) is 0. The van der Waals surface area contributed by atoms with Crippen LogP contribution >= 0.6 is 0 Å². The second-order valence-corrected chi connectivity index (χ2v) is 7.30. The van der Waals surface area contributed by atoms with E-state index in [1.165, 1.54) is 0 Å². The van der Waals surface area contributed by atoms with E-state index >= 15 is 0 Å². The van der Waals surface area contributed by atoms with Crippen molar-refractivity contribution in [1.29, 1.82) is 0 Å². The van der Waals surface area contributed by atoms with Crippen molar-refractivity contribution < 1.29 is 14.6 Å². The smallest absolute Gasteiger partial charge is 0.145 e. The summed E-state index contributed by atoms with van der Waals surface area (Å²) >= 11 is 0.